The van der Waals surface area contributed by atoms with Crippen molar-refractivity contribution in [1.29, 1.82) is 5.26 Å². The van der Waals surface area contributed by atoms with Gasteiger partial charge in [-0.05, 0) is 31.7 Å². The van der Waals surface area contributed by atoms with Gasteiger partial charge < -0.3 is 5.73 Å². The summed E-state index contributed by atoms with van der Waals surface area (Å²) in [6.45, 7) is 0.739. The van der Waals surface area contributed by atoms with Crippen LogP contribution in [0.15, 0.2) is 0 Å². The van der Waals surface area contributed by atoms with Gasteiger partial charge in [0.15, 0.2) is 0 Å². The van der Waals surface area contributed by atoms with E-state index in [0.29, 0.717) is 11.8 Å². The van der Waals surface area contributed by atoms with Crippen molar-refractivity contribution in [2.75, 3.05) is 6.54 Å². The number of rotatable bonds is 2. The summed E-state index contributed by atoms with van der Waals surface area (Å²) in [6, 6.07) is 2.38. The zero-order valence-electron chi connectivity index (χ0n) is 6.92. The summed E-state index contributed by atoms with van der Waals surface area (Å²) in [5.74, 6) is 0.894. The van der Waals surface area contributed by atoms with Gasteiger partial charge in [0.05, 0.1) is 6.07 Å². The molecule has 0 aromatic heterocycles. The Morgan fingerprint density at radius 1 is 1.36 bits per heavy atom. The van der Waals surface area contributed by atoms with Crippen LogP contribution in [0.5, 0.6) is 0 Å². The van der Waals surface area contributed by atoms with Crippen molar-refractivity contribution in [3.63, 3.8) is 0 Å². The summed E-state index contributed by atoms with van der Waals surface area (Å²) >= 11 is 0. The second-order valence-corrected chi connectivity index (χ2v) is 3.36. The van der Waals surface area contributed by atoms with Crippen LogP contribution in [0.25, 0.3) is 0 Å². The first-order valence-corrected chi connectivity index (χ1v) is 4.48. The molecule has 0 heterocycles. The highest BCUT2D eigenvalue weighted by Crippen LogP contribution is 2.31. The van der Waals surface area contributed by atoms with E-state index in [1.807, 2.05) is 0 Å². The Labute approximate surface area is 68.4 Å². The van der Waals surface area contributed by atoms with Crippen LogP contribution in [0.3, 0.4) is 0 Å². The zero-order valence-corrected chi connectivity index (χ0v) is 6.92. The highest BCUT2D eigenvalue weighted by Gasteiger charge is 2.23. The van der Waals surface area contributed by atoms with E-state index in [1.54, 1.807) is 0 Å². The summed E-state index contributed by atoms with van der Waals surface area (Å²) < 4.78 is 0. The Bertz CT molecular complexity index is 146. The first-order valence-electron chi connectivity index (χ1n) is 4.48. The zero-order chi connectivity index (χ0) is 8.10. The topological polar surface area (TPSA) is 49.8 Å². The van der Waals surface area contributed by atoms with Gasteiger partial charge in [0.25, 0.3) is 0 Å². The number of nitriles is 1. The number of hydrogen-bond donors (Lipinski definition) is 1. The van der Waals surface area contributed by atoms with Crippen molar-refractivity contribution < 1.29 is 0 Å². The SMILES string of the molecule is N#CC1CCCCC1CCN. The summed E-state index contributed by atoms with van der Waals surface area (Å²) in [5.41, 5.74) is 5.47. The predicted molar refractivity (Wildman–Crippen MR) is 44.7 cm³/mol. The molecule has 0 radical (unpaired) electrons. The molecule has 1 aliphatic carbocycles. The standard InChI is InChI=1S/C9H16N2/c10-6-5-8-3-1-2-4-9(8)7-11/h8-9H,1-6,10H2. The summed E-state index contributed by atoms with van der Waals surface area (Å²) in [5, 5.41) is 8.80. The first kappa shape index (κ1) is 8.55. The van der Waals surface area contributed by atoms with Gasteiger partial charge >= 0.3 is 0 Å². The Kier molecular flexibility index (Phi) is 3.38. The van der Waals surface area contributed by atoms with Crippen LogP contribution in [0, 0.1) is 23.2 Å². The molecule has 0 aromatic rings. The van der Waals surface area contributed by atoms with Crippen LogP contribution in [-0.2, 0) is 0 Å². The van der Waals surface area contributed by atoms with Gasteiger partial charge in [0.1, 0.15) is 0 Å². The maximum atomic E-state index is 8.80. The van der Waals surface area contributed by atoms with Crippen molar-refractivity contribution in [1.82, 2.24) is 0 Å². The predicted octanol–water partition coefficient (Wildman–Crippen LogP) is 1.67. The third-order valence-electron chi connectivity index (χ3n) is 2.61. The quantitative estimate of drug-likeness (QED) is 0.654. The maximum absolute atomic E-state index is 8.80. The van der Waals surface area contributed by atoms with Crippen LogP contribution >= 0.6 is 0 Å². The molecule has 2 N–H and O–H groups in total. The lowest BCUT2D eigenvalue weighted by atomic mass is 9.78. The third-order valence-corrected chi connectivity index (χ3v) is 2.61. The largest absolute Gasteiger partial charge is 0.330 e. The summed E-state index contributed by atoms with van der Waals surface area (Å²) in [7, 11) is 0. The minimum atomic E-state index is 0.298. The molecule has 0 bridgehead atoms. The molecule has 1 fully saturated rings. The molecular weight excluding hydrogens is 136 g/mol. The molecule has 1 saturated carbocycles. The summed E-state index contributed by atoms with van der Waals surface area (Å²) in [4.78, 5) is 0. The number of nitrogens with two attached hydrogens (primary N) is 1. The van der Waals surface area contributed by atoms with Crippen LogP contribution < -0.4 is 5.73 Å². The Morgan fingerprint density at radius 3 is 2.73 bits per heavy atom. The Hall–Kier alpha value is -0.550. The molecule has 0 aromatic carbocycles. The van der Waals surface area contributed by atoms with Gasteiger partial charge in [-0.1, -0.05) is 12.8 Å². The number of hydrogen-bond acceptors (Lipinski definition) is 2. The van der Waals surface area contributed by atoms with Crippen molar-refractivity contribution in [3.8, 4) is 6.07 Å². The molecule has 62 valence electrons. The van der Waals surface area contributed by atoms with Gasteiger partial charge in [-0.2, -0.15) is 5.26 Å². The van der Waals surface area contributed by atoms with Crippen LogP contribution in [0.4, 0.5) is 0 Å². The van der Waals surface area contributed by atoms with Gasteiger partial charge in [0, 0.05) is 5.92 Å². The lowest BCUT2D eigenvalue weighted by Gasteiger charge is -2.25. The molecule has 2 atom stereocenters. The van der Waals surface area contributed by atoms with E-state index in [1.165, 1.54) is 19.3 Å². The molecule has 0 aliphatic heterocycles. The van der Waals surface area contributed by atoms with E-state index in [4.69, 9.17) is 11.0 Å². The fourth-order valence-corrected chi connectivity index (χ4v) is 1.94. The Balaban J connectivity index is 2.39. The molecule has 1 aliphatic rings. The van der Waals surface area contributed by atoms with E-state index >= 15 is 0 Å². The first-order chi connectivity index (χ1) is 5.38. The molecule has 2 unspecified atom stereocenters. The minimum Gasteiger partial charge on any atom is -0.330 e. The monoisotopic (exact) mass is 152 g/mol. The van der Waals surface area contributed by atoms with Crippen LogP contribution in [-0.4, -0.2) is 6.54 Å². The second kappa shape index (κ2) is 4.35. The van der Waals surface area contributed by atoms with Crippen LogP contribution in [0.2, 0.25) is 0 Å². The smallest absolute Gasteiger partial charge is 0.0658 e. The van der Waals surface area contributed by atoms with Crippen LogP contribution in [0.1, 0.15) is 32.1 Å². The lowest BCUT2D eigenvalue weighted by Crippen LogP contribution is -2.20. The molecular formula is C9H16N2. The fourth-order valence-electron chi connectivity index (χ4n) is 1.94. The lowest BCUT2D eigenvalue weighted by molar-refractivity contribution is 0.278. The average molecular weight is 152 g/mol. The molecule has 1 rings (SSSR count). The maximum Gasteiger partial charge on any atom is 0.0658 e. The minimum absolute atomic E-state index is 0.298. The second-order valence-electron chi connectivity index (χ2n) is 3.36. The Morgan fingerprint density at radius 2 is 2.09 bits per heavy atom. The van der Waals surface area contributed by atoms with Crippen molar-refractivity contribution in [3.05, 3.63) is 0 Å². The highest BCUT2D eigenvalue weighted by atomic mass is 14.5. The molecule has 2 heteroatoms. The normalized spacial score (nSPS) is 31.3. The number of nitrogens with zero attached hydrogens (tertiary/aromatic N) is 1. The van der Waals surface area contributed by atoms with E-state index in [2.05, 4.69) is 6.07 Å². The van der Waals surface area contributed by atoms with Crippen molar-refractivity contribution in [2.45, 2.75) is 32.1 Å². The third kappa shape index (κ3) is 2.20. The van der Waals surface area contributed by atoms with Gasteiger partial charge in [0.2, 0.25) is 0 Å². The molecule has 0 amide bonds. The van der Waals surface area contributed by atoms with E-state index in [9.17, 15) is 0 Å². The molecule has 0 spiro atoms. The van der Waals surface area contributed by atoms with Gasteiger partial charge in [-0.15, -0.1) is 0 Å². The van der Waals surface area contributed by atoms with E-state index in [0.717, 1.165) is 19.4 Å². The summed E-state index contributed by atoms with van der Waals surface area (Å²) in [6.07, 6.45) is 5.89. The molecule has 11 heavy (non-hydrogen) atoms. The van der Waals surface area contributed by atoms with E-state index in [-0.39, 0.29) is 0 Å². The molecule has 0 saturated heterocycles. The van der Waals surface area contributed by atoms with E-state index < -0.39 is 0 Å². The van der Waals surface area contributed by atoms with Crippen molar-refractivity contribution in [2.24, 2.45) is 17.6 Å². The van der Waals surface area contributed by atoms with Gasteiger partial charge in [-0.25, -0.2) is 0 Å². The highest BCUT2D eigenvalue weighted by molar-refractivity contribution is 4.90. The van der Waals surface area contributed by atoms with Crippen molar-refractivity contribution >= 4 is 0 Å². The fraction of sp³-hybridized carbons (Fsp3) is 0.889. The average Bonchev–Trinajstić information content (AvgIpc) is 2.06. The molecule has 2 nitrogen and oxygen atoms in total. The van der Waals surface area contributed by atoms with Gasteiger partial charge in [-0.3, -0.25) is 0 Å².